The van der Waals surface area contributed by atoms with Crippen LogP contribution < -0.4 is 5.32 Å². The fourth-order valence-corrected chi connectivity index (χ4v) is 2.51. The van der Waals surface area contributed by atoms with Crippen molar-refractivity contribution < 1.29 is 4.79 Å². The molecule has 2 aromatic rings. The van der Waals surface area contributed by atoms with Crippen molar-refractivity contribution in [2.75, 3.05) is 5.32 Å². The van der Waals surface area contributed by atoms with Gasteiger partial charge in [-0.15, -0.1) is 0 Å². The van der Waals surface area contributed by atoms with Gasteiger partial charge in [-0.3, -0.25) is 4.79 Å². The largest absolute Gasteiger partial charge is 0.339 e. The Kier molecular flexibility index (Phi) is 3.14. The molecule has 1 saturated carbocycles. The van der Waals surface area contributed by atoms with Crippen molar-refractivity contribution in [2.45, 2.75) is 25.8 Å². The number of carbonyl (C=O) groups excluding carboxylic acids is 1. The third kappa shape index (κ3) is 2.71. The van der Waals surface area contributed by atoms with Crippen LogP contribution in [0.1, 0.15) is 35.1 Å². The van der Waals surface area contributed by atoms with Crippen LogP contribution in [-0.4, -0.2) is 15.5 Å². The molecule has 1 N–H and O–H groups in total. The van der Waals surface area contributed by atoms with Crippen molar-refractivity contribution in [3.63, 3.8) is 0 Å². The lowest BCUT2D eigenvalue weighted by molar-refractivity contribution is 0.101. The zero-order valence-corrected chi connectivity index (χ0v) is 12.1. The van der Waals surface area contributed by atoms with Crippen LogP contribution in [0.5, 0.6) is 0 Å². The van der Waals surface area contributed by atoms with E-state index in [0.29, 0.717) is 17.6 Å². The number of hydrogen-bond donors (Lipinski definition) is 1. The summed E-state index contributed by atoms with van der Waals surface area (Å²) in [6, 6.07) is 7.90. The lowest BCUT2D eigenvalue weighted by Gasteiger charge is -2.08. The fraction of sp³-hybridized carbons (Fsp3) is 0.286. The predicted octanol–water partition coefficient (Wildman–Crippen LogP) is 3.54. The van der Waals surface area contributed by atoms with Gasteiger partial charge in [-0.05, 0) is 53.9 Å². The quantitative estimate of drug-likeness (QED) is 0.940. The lowest BCUT2D eigenvalue weighted by Crippen LogP contribution is -2.17. The second kappa shape index (κ2) is 4.81. The van der Waals surface area contributed by atoms with Crippen LogP contribution in [0.15, 0.2) is 34.9 Å². The Hall–Kier alpha value is -1.62. The van der Waals surface area contributed by atoms with Crippen LogP contribution in [0, 0.1) is 6.92 Å². The summed E-state index contributed by atoms with van der Waals surface area (Å²) < 4.78 is 2.97. The fourth-order valence-electron chi connectivity index (χ4n) is 2.08. The van der Waals surface area contributed by atoms with Gasteiger partial charge in [-0.2, -0.15) is 0 Å². The van der Waals surface area contributed by atoms with E-state index in [9.17, 15) is 4.79 Å². The Bertz CT molecular complexity index is 631. The maximum Gasteiger partial charge on any atom is 0.273 e. The van der Waals surface area contributed by atoms with Crippen LogP contribution in [0.2, 0.25) is 0 Å². The van der Waals surface area contributed by atoms with E-state index in [1.165, 1.54) is 0 Å². The Balaban J connectivity index is 1.84. The molecular formula is C14H14BrN3O. The highest BCUT2D eigenvalue weighted by Gasteiger charge is 2.27. The molecule has 0 saturated heterocycles. The van der Waals surface area contributed by atoms with Crippen molar-refractivity contribution in [2.24, 2.45) is 0 Å². The number of amides is 1. The summed E-state index contributed by atoms with van der Waals surface area (Å²) in [5.74, 6) is 0.473. The first-order valence-electron chi connectivity index (χ1n) is 6.26. The van der Waals surface area contributed by atoms with Gasteiger partial charge < -0.3 is 9.88 Å². The minimum Gasteiger partial charge on any atom is -0.339 e. The maximum atomic E-state index is 12.3. The van der Waals surface area contributed by atoms with E-state index >= 15 is 0 Å². The van der Waals surface area contributed by atoms with Gasteiger partial charge in [0.05, 0.1) is 0 Å². The van der Waals surface area contributed by atoms with Crippen LogP contribution >= 0.6 is 15.9 Å². The van der Waals surface area contributed by atoms with Crippen molar-refractivity contribution in [3.8, 4) is 0 Å². The standard InChI is InChI=1S/C14H14BrN3O/c1-9-3-2-4-13(16-9)17-14(19)12-7-10(15)8-18(12)11-5-6-11/h2-4,7-8,11H,5-6H2,1H3,(H,16,17,19). The number of nitrogens with one attached hydrogen (secondary N) is 1. The minimum atomic E-state index is -0.115. The molecule has 0 radical (unpaired) electrons. The molecule has 1 amide bonds. The van der Waals surface area contributed by atoms with Crippen LogP contribution in [0.25, 0.3) is 0 Å². The molecular weight excluding hydrogens is 306 g/mol. The minimum absolute atomic E-state index is 0.115. The van der Waals surface area contributed by atoms with Gasteiger partial charge in [0.1, 0.15) is 11.5 Å². The number of nitrogens with zero attached hydrogens (tertiary/aromatic N) is 2. The number of anilines is 1. The highest BCUT2D eigenvalue weighted by atomic mass is 79.9. The number of rotatable bonds is 3. The maximum absolute atomic E-state index is 12.3. The van der Waals surface area contributed by atoms with E-state index < -0.39 is 0 Å². The van der Waals surface area contributed by atoms with Crippen LogP contribution in [0.3, 0.4) is 0 Å². The highest BCUT2D eigenvalue weighted by molar-refractivity contribution is 9.10. The van der Waals surface area contributed by atoms with Gasteiger partial charge in [-0.25, -0.2) is 4.98 Å². The number of hydrogen-bond acceptors (Lipinski definition) is 2. The van der Waals surface area contributed by atoms with Gasteiger partial charge >= 0.3 is 0 Å². The van der Waals surface area contributed by atoms with Crippen molar-refractivity contribution in [3.05, 3.63) is 46.3 Å². The van der Waals surface area contributed by atoms with Crippen LogP contribution in [0.4, 0.5) is 5.82 Å². The number of pyridine rings is 1. The van der Waals surface area contributed by atoms with E-state index in [4.69, 9.17) is 0 Å². The molecule has 0 bridgehead atoms. The Morgan fingerprint density at radius 2 is 2.26 bits per heavy atom. The first-order chi connectivity index (χ1) is 9.13. The second-order valence-corrected chi connectivity index (χ2v) is 5.72. The molecule has 1 aliphatic rings. The Labute approximate surface area is 120 Å². The molecule has 0 aliphatic heterocycles. The second-order valence-electron chi connectivity index (χ2n) is 4.80. The topological polar surface area (TPSA) is 46.9 Å². The van der Waals surface area contributed by atoms with Crippen molar-refractivity contribution in [1.29, 1.82) is 0 Å². The molecule has 0 spiro atoms. The molecule has 2 aromatic heterocycles. The summed E-state index contributed by atoms with van der Waals surface area (Å²) in [6.07, 6.45) is 4.25. The monoisotopic (exact) mass is 319 g/mol. The average Bonchev–Trinajstić information content (AvgIpc) is 3.12. The number of carbonyl (C=O) groups is 1. The Morgan fingerprint density at radius 3 is 2.95 bits per heavy atom. The SMILES string of the molecule is Cc1cccc(NC(=O)c2cc(Br)cn2C2CC2)n1. The first kappa shape index (κ1) is 12.4. The summed E-state index contributed by atoms with van der Waals surface area (Å²) in [4.78, 5) is 16.6. The van der Waals surface area contributed by atoms with Crippen LogP contribution in [-0.2, 0) is 0 Å². The van der Waals surface area contributed by atoms with E-state index in [1.807, 2.05) is 35.9 Å². The number of aromatic nitrogens is 2. The molecule has 2 heterocycles. The van der Waals surface area contributed by atoms with Gasteiger partial charge in [0.15, 0.2) is 0 Å². The molecule has 98 valence electrons. The molecule has 1 fully saturated rings. The molecule has 0 unspecified atom stereocenters. The molecule has 3 rings (SSSR count). The molecule has 19 heavy (non-hydrogen) atoms. The summed E-state index contributed by atoms with van der Waals surface area (Å²) in [6.45, 7) is 1.90. The zero-order chi connectivity index (χ0) is 13.4. The number of halogens is 1. The summed E-state index contributed by atoms with van der Waals surface area (Å²) in [7, 11) is 0. The molecule has 0 atom stereocenters. The van der Waals surface area contributed by atoms with Crippen molar-refractivity contribution >= 4 is 27.7 Å². The predicted molar refractivity (Wildman–Crippen MR) is 77.3 cm³/mol. The zero-order valence-electron chi connectivity index (χ0n) is 10.6. The van der Waals surface area contributed by atoms with Gasteiger partial charge in [0.2, 0.25) is 0 Å². The van der Waals surface area contributed by atoms with E-state index in [0.717, 1.165) is 23.0 Å². The van der Waals surface area contributed by atoms with E-state index in [2.05, 4.69) is 26.2 Å². The molecule has 4 nitrogen and oxygen atoms in total. The third-order valence-electron chi connectivity index (χ3n) is 3.12. The third-order valence-corrected chi connectivity index (χ3v) is 3.55. The molecule has 1 aliphatic carbocycles. The van der Waals surface area contributed by atoms with E-state index in [-0.39, 0.29) is 5.91 Å². The average molecular weight is 320 g/mol. The smallest absolute Gasteiger partial charge is 0.273 e. The Morgan fingerprint density at radius 1 is 1.47 bits per heavy atom. The number of aryl methyl sites for hydroxylation is 1. The summed E-state index contributed by atoms with van der Waals surface area (Å²) in [5, 5.41) is 2.84. The van der Waals surface area contributed by atoms with Crippen molar-refractivity contribution in [1.82, 2.24) is 9.55 Å². The summed E-state index contributed by atoms with van der Waals surface area (Å²) >= 11 is 3.43. The highest BCUT2D eigenvalue weighted by Crippen LogP contribution is 2.37. The molecule has 5 heteroatoms. The van der Waals surface area contributed by atoms with Gasteiger partial charge in [0, 0.05) is 22.4 Å². The summed E-state index contributed by atoms with van der Waals surface area (Å²) in [5.41, 5.74) is 1.56. The van der Waals surface area contributed by atoms with E-state index in [1.54, 1.807) is 6.07 Å². The first-order valence-corrected chi connectivity index (χ1v) is 7.05. The molecule has 0 aromatic carbocycles. The van der Waals surface area contributed by atoms with Gasteiger partial charge in [0.25, 0.3) is 5.91 Å². The normalized spacial score (nSPS) is 14.4. The van der Waals surface area contributed by atoms with Gasteiger partial charge in [-0.1, -0.05) is 6.07 Å². The lowest BCUT2D eigenvalue weighted by atomic mass is 10.3.